The number of hydrogen-bond donors (Lipinski definition) is 0. The number of hydrogen-bond acceptors (Lipinski definition) is 1. The molecule has 0 aromatic heterocycles. The SMILES string of the molecule is CCCOC[N]. The van der Waals surface area contributed by atoms with Gasteiger partial charge in [-0.1, -0.05) is 6.92 Å². The highest BCUT2D eigenvalue weighted by molar-refractivity contribution is 4.18. The van der Waals surface area contributed by atoms with Crippen LogP contribution in [0.15, 0.2) is 0 Å². The van der Waals surface area contributed by atoms with Gasteiger partial charge in [0, 0.05) is 6.61 Å². The Hall–Kier alpha value is -0.0800. The zero-order chi connectivity index (χ0) is 4.83. The van der Waals surface area contributed by atoms with Crippen LogP contribution in [0.4, 0.5) is 0 Å². The lowest BCUT2D eigenvalue weighted by Gasteiger charge is -1.89. The summed E-state index contributed by atoms with van der Waals surface area (Å²) < 4.78 is 4.54. The first-order valence-corrected chi connectivity index (χ1v) is 2.10. The van der Waals surface area contributed by atoms with Gasteiger partial charge in [-0.2, -0.15) is 0 Å². The minimum Gasteiger partial charge on any atom is -0.363 e. The standard InChI is InChI=1S/C4H9NO/c1-2-3-6-4-5/h2-4H2,1H3. The molecule has 0 atom stereocenters. The fourth-order valence-corrected chi connectivity index (χ4v) is 0.209. The summed E-state index contributed by atoms with van der Waals surface area (Å²) in [5.74, 6) is 0. The van der Waals surface area contributed by atoms with Gasteiger partial charge in [-0.25, -0.2) is 0 Å². The molecule has 0 aliphatic heterocycles. The molecule has 6 heavy (non-hydrogen) atoms. The first kappa shape index (κ1) is 5.92. The van der Waals surface area contributed by atoms with E-state index >= 15 is 0 Å². The van der Waals surface area contributed by atoms with E-state index in [1.54, 1.807) is 0 Å². The molecule has 0 rings (SSSR count). The lowest BCUT2D eigenvalue weighted by molar-refractivity contribution is 0.137. The molecule has 0 aliphatic carbocycles. The predicted molar refractivity (Wildman–Crippen MR) is 23.2 cm³/mol. The van der Waals surface area contributed by atoms with Gasteiger partial charge in [0.2, 0.25) is 0 Å². The van der Waals surface area contributed by atoms with Crippen LogP contribution in [0.25, 0.3) is 0 Å². The molecule has 0 aliphatic rings. The molecular weight excluding hydrogens is 78.1 g/mol. The Kier molecular flexibility index (Phi) is 4.85. The third-order valence-electron chi connectivity index (χ3n) is 0.440. The van der Waals surface area contributed by atoms with Crippen molar-refractivity contribution in [3.8, 4) is 0 Å². The van der Waals surface area contributed by atoms with Crippen molar-refractivity contribution >= 4 is 0 Å². The van der Waals surface area contributed by atoms with Crippen molar-refractivity contribution in [3.05, 3.63) is 0 Å². The van der Waals surface area contributed by atoms with Crippen LogP contribution < -0.4 is 5.73 Å². The summed E-state index contributed by atoms with van der Waals surface area (Å²) >= 11 is 0. The van der Waals surface area contributed by atoms with E-state index in [0.29, 0.717) is 6.61 Å². The van der Waals surface area contributed by atoms with Gasteiger partial charge >= 0.3 is 0 Å². The van der Waals surface area contributed by atoms with Gasteiger partial charge < -0.3 is 4.74 Å². The van der Waals surface area contributed by atoms with Crippen molar-refractivity contribution in [1.29, 1.82) is 0 Å². The van der Waals surface area contributed by atoms with E-state index in [-0.39, 0.29) is 6.73 Å². The highest BCUT2D eigenvalue weighted by Crippen LogP contribution is 1.73. The number of ether oxygens (including phenoxy) is 1. The highest BCUT2D eigenvalue weighted by Gasteiger charge is 1.74. The molecule has 0 aromatic rings. The van der Waals surface area contributed by atoms with Crippen LogP contribution in [-0.4, -0.2) is 13.3 Å². The second-order valence-corrected chi connectivity index (χ2v) is 1.04. The second-order valence-electron chi connectivity index (χ2n) is 1.04. The van der Waals surface area contributed by atoms with E-state index in [0.717, 1.165) is 6.42 Å². The van der Waals surface area contributed by atoms with Crippen molar-refractivity contribution in [1.82, 2.24) is 5.73 Å². The Morgan fingerprint density at radius 3 is 2.50 bits per heavy atom. The summed E-state index contributed by atoms with van der Waals surface area (Å²) in [6, 6.07) is 0. The molecule has 0 spiro atoms. The smallest absolute Gasteiger partial charge is 0.130 e. The molecule has 0 fully saturated rings. The number of nitrogens with zero attached hydrogens (tertiary/aromatic N) is 1. The van der Waals surface area contributed by atoms with Crippen molar-refractivity contribution in [3.63, 3.8) is 0 Å². The number of rotatable bonds is 3. The molecular formula is C4H9NO. The Morgan fingerprint density at radius 1 is 1.67 bits per heavy atom. The monoisotopic (exact) mass is 87.1 g/mol. The fourth-order valence-electron chi connectivity index (χ4n) is 0.209. The average molecular weight is 87.1 g/mol. The molecule has 2 heteroatoms. The van der Waals surface area contributed by atoms with Gasteiger partial charge in [-0.15, -0.1) is 5.73 Å². The molecule has 36 valence electrons. The van der Waals surface area contributed by atoms with Gasteiger partial charge in [-0.05, 0) is 6.42 Å². The maximum Gasteiger partial charge on any atom is 0.130 e. The largest absolute Gasteiger partial charge is 0.363 e. The minimum absolute atomic E-state index is 0.145. The van der Waals surface area contributed by atoms with Gasteiger partial charge in [0.05, 0.1) is 0 Å². The van der Waals surface area contributed by atoms with Gasteiger partial charge in [0.25, 0.3) is 0 Å². The average Bonchev–Trinajstić information content (AvgIpc) is 1.61. The third-order valence-corrected chi connectivity index (χ3v) is 0.440. The van der Waals surface area contributed by atoms with E-state index in [1.807, 2.05) is 6.92 Å². The molecule has 0 aromatic carbocycles. The zero-order valence-electron chi connectivity index (χ0n) is 3.98. The lowest BCUT2D eigenvalue weighted by atomic mass is 10.5. The van der Waals surface area contributed by atoms with Gasteiger partial charge in [-0.3, -0.25) is 0 Å². The Bertz CT molecular complexity index is 19.5. The second kappa shape index (κ2) is 4.92. The highest BCUT2D eigenvalue weighted by atomic mass is 16.5. The van der Waals surface area contributed by atoms with E-state index in [4.69, 9.17) is 5.73 Å². The Balaban J connectivity index is 2.34. The predicted octanol–water partition coefficient (Wildman–Crippen LogP) is 0.439. The zero-order valence-corrected chi connectivity index (χ0v) is 3.98. The molecule has 2 radical (unpaired) electrons. The minimum atomic E-state index is -0.145. The maximum atomic E-state index is 7.98. The molecule has 0 N–H and O–H groups in total. The van der Waals surface area contributed by atoms with Crippen LogP contribution in [0.3, 0.4) is 0 Å². The topological polar surface area (TPSA) is 31.5 Å². The summed E-state index contributed by atoms with van der Waals surface area (Å²) in [6.07, 6.45) is 0.973. The first-order valence-electron chi connectivity index (χ1n) is 2.10. The van der Waals surface area contributed by atoms with E-state index in [2.05, 4.69) is 4.74 Å². The summed E-state index contributed by atoms with van der Waals surface area (Å²) in [7, 11) is 0. The van der Waals surface area contributed by atoms with Crippen LogP contribution in [0.1, 0.15) is 13.3 Å². The Morgan fingerprint density at radius 2 is 2.33 bits per heavy atom. The molecule has 0 saturated heterocycles. The van der Waals surface area contributed by atoms with E-state index < -0.39 is 0 Å². The summed E-state index contributed by atoms with van der Waals surface area (Å²) in [4.78, 5) is 0. The lowest BCUT2D eigenvalue weighted by Crippen LogP contribution is -1.93. The maximum absolute atomic E-state index is 7.98. The molecule has 0 unspecified atom stereocenters. The summed E-state index contributed by atoms with van der Waals surface area (Å²) in [5, 5.41) is 0. The molecule has 0 amide bonds. The summed E-state index contributed by atoms with van der Waals surface area (Å²) in [5.41, 5.74) is 7.98. The van der Waals surface area contributed by atoms with E-state index in [9.17, 15) is 0 Å². The van der Waals surface area contributed by atoms with Crippen molar-refractivity contribution in [2.45, 2.75) is 13.3 Å². The van der Waals surface area contributed by atoms with Crippen LogP contribution in [-0.2, 0) is 4.74 Å². The van der Waals surface area contributed by atoms with Gasteiger partial charge in [0.15, 0.2) is 0 Å². The van der Waals surface area contributed by atoms with Gasteiger partial charge in [0.1, 0.15) is 6.73 Å². The van der Waals surface area contributed by atoms with Crippen molar-refractivity contribution in [2.24, 2.45) is 0 Å². The molecule has 2 nitrogen and oxygen atoms in total. The van der Waals surface area contributed by atoms with Crippen LogP contribution in [0, 0.1) is 0 Å². The fraction of sp³-hybridized carbons (Fsp3) is 1.00. The van der Waals surface area contributed by atoms with Crippen LogP contribution >= 0.6 is 0 Å². The van der Waals surface area contributed by atoms with Crippen molar-refractivity contribution in [2.75, 3.05) is 13.3 Å². The first-order chi connectivity index (χ1) is 2.91. The van der Waals surface area contributed by atoms with E-state index in [1.165, 1.54) is 0 Å². The normalized spacial score (nSPS) is 9.00. The van der Waals surface area contributed by atoms with Crippen LogP contribution in [0.5, 0.6) is 0 Å². The molecule has 0 saturated carbocycles. The Labute approximate surface area is 38.3 Å². The van der Waals surface area contributed by atoms with Crippen molar-refractivity contribution < 1.29 is 4.74 Å². The quantitative estimate of drug-likeness (QED) is 0.459. The molecule has 0 heterocycles. The summed E-state index contributed by atoms with van der Waals surface area (Å²) in [6.45, 7) is 2.51. The third kappa shape index (κ3) is 3.92. The van der Waals surface area contributed by atoms with Crippen LogP contribution in [0.2, 0.25) is 0 Å². The molecule has 0 bridgehead atoms.